The number of rotatable bonds is 4. The smallest absolute Gasteiger partial charge is 0.164 e. The van der Waals surface area contributed by atoms with Gasteiger partial charge in [0.1, 0.15) is 0 Å². The van der Waals surface area contributed by atoms with Crippen LogP contribution in [0.15, 0.2) is 120 Å². The fraction of sp³-hybridized carbons (Fsp3) is 0.0968. The summed E-state index contributed by atoms with van der Waals surface area (Å²) >= 11 is 0. The van der Waals surface area contributed by atoms with Gasteiger partial charge in [0.2, 0.25) is 0 Å². The highest BCUT2D eigenvalue weighted by Crippen LogP contribution is 2.38. The average molecular weight is 453 g/mol. The first-order valence-electron chi connectivity index (χ1n) is 11.7. The molecule has 168 valence electrons. The fourth-order valence-corrected chi connectivity index (χ4v) is 4.61. The highest BCUT2D eigenvalue weighted by atomic mass is 15.0. The maximum absolute atomic E-state index is 4.88. The summed E-state index contributed by atoms with van der Waals surface area (Å²) in [5.74, 6) is 1.99. The lowest BCUT2D eigenvalue weighted by atomic mass is 9.76. The van der Waals surface area contributed by atoms with Crippen LogP contribution in [0.4, 0.5) is 0 Å². The summed E-state index contributed by atoms with van der Waals surface area (Å²) in [7, 11) is 0. The van der Waals surface area contributed by atoms with Crippen molar-refractivity contribution in [2.75, 3.05) is 0 Å². The maximum atomic E-state index is 4.88. The summed E-state index contributed by atoms with van der Waals surface area (Å²) in [5, 5.41) is 0. The van der Waals surface area contributed by atoms with Crippen LogP contribution in [0.2, 0.25) is 0 Å². The number of hydrogen-bond donors (Lipinski definition) is 0. The van der Waals surface area contributed by atoms with Gasteiger partial charge in [0, 0.05) is 28.3 Å². The largest absolute Gasteiger partial charge is 0.260 e. The van der Waals surface area contributed by atoms with Gasteiger partial charge in [-0.05, 0) is 34.9 Å². The Bertz CT molecular complexity index is 1480. The molecule has 4 aromatic rings. The molecule has 4 heteroatoms. The molecule has 4 nitrogen and oxygen atoms in total. The first-order chi connectivity index (χ1) is 17.1. The number of aliphatic imine (C=N–C) groups is 1. The number of benzene rings is 3. The van der Waals surface area contributed by atoms with Crippen LogP contribution in [-0.2, 0) is 0 Å². The molecule has 2 aliphatic rings. The standard InChI is InChI=1S/C31H24N4/c1-31(2)20-26(19-24-16-17-32-27(24)31)23-14-9-15-25(18-23)30-34-28(21-10-5-3-6-11-21)33-29(35-30)22-12-7-4-8-13-22/h3-20H,1-2H3. The quantitative estimate of drug-likeness (QED) is 0.329. The normalized spacial score (nSPS) is 15.8. The second-order valence-corrected chi connectivity index (χ2v) is 9.33. The lowest BCUT2D eigenvalue weighted by molar-refractivity contribution is 0.677. The zero-order chi connectivity index (χ0) is 23.8. The van der Waals surface area contributed by atoms with E-state index >= 15 is 0 Å². The summed E-state index contributed by atoms with van der Waals surface area (Å²) in [6.07, 6.45) is 8.47. The predicted molar refractivity (Wildman–Crippen MR) is 143 cm³/mol. The summed E-state index contributed by atoms with van der Waals surface area (Å²) in [6.45, 7) is 4.42. The van der Waals surface area contributed by atoms with Crippen molar-refractivity contribution in [2.24, 2.45) is 10.4 Å². The Kier molecular flexibility index (Phi) is 5.07. The minimum atomic E-state index is -0.132. The highest BCUT2D eigenvalue weighted by molar-refractivity contribution is 6.13. The van der Waals surface area contributed by atoms with E-state index in [-0.39, 0.29) is 5.41 Å². The van der Waals surface area contributed by atoms with Crippen molar-refractivity contribution in [3.05, 3.63) is 120 Å². The van der Waals surface area contributed by atoms with Gasteiger partial charge < -0.3 is 0 Å². The Morgan fingerprint density at radius 3 is 1.74 bits per heavy atom. The second-order valence-electron chi connectivity index (χ2n) is 9.33. The Labute approximate surface area is 205 Å². The van der Waals surface area contributed by atoms with Crippen molar-refractivity contribution >= 4 is 11.3 Å². The molecular weight excluding hydrogens is 428 g/mol. The van der Waals surface area contributed by atoms with Gasteiger partial charge in [-0.25, -0.2) is 15.0 Å². The van der Waals surface area contributed by atoms with Gasteiger partial charge in [-0.2, -0.15) is 0 Å². The Hall–Kier alpha value is -4.44. The van der Waals surface area contributed by atoms with E-state index in [1.807, 2.05) is 66.9 Å². The molecule has 35 heavy (non-hydrogen) atoms. The molecule has 0 spiro atoms. The predicted octanol–water partition coefficient (Wildman–Crippen LogP) is 7.19. The van der Waals surface area contributed by atoms with E-state index < -0.39 is 0 Å². The molecular formula is C31H24N4. The van der Waals surface area contributed by atoms with Gasteiger partial charge in [0.15, 0.2) is 17.5 Å². The van der Waals surface area contributed by atoms with Gasteiger partial charge in [-0.3, -0.25) is 4.99 Å². The minimum Gasteiger partial charge on any atom is -0.260 e. The van der Waals surface area contributed by atoms with Crippen molar-refractivity contribution in [3.63, 3.8) is 0 Å². The molecule has 0 saturated heterocycles. The van der Waals surface area contributed by atoms with E-state index in [0.29, 0.717) is 17.5 Å². The lowest BCUT2D eigenvalue weighted by Crippen LogP contribution is -2.24. The first-order valence-corrected chi connectivity index (χ1v) is 11.7. The van der Waals surface area contributed by atoms with Gasteiger partial charge in [0.25, 0.3) is 0 Å². The molecule has 0 amide bonds. The van der Waals surface area contributed by atoms with Gasteiger partial charge in [-0.15, -0.1) is 0 Å². The van der Waals surface area contributed by atoms with Crippen molar-refractivity contribution in [1.82, 2.24) is 15.0 Å². The summed E-state index contributed by atoms with van der Waals surface area (Å²) in [6, 6.07) is 28.5. The van der Waals surface area contributed by atoms with Crippen LogP contribution in [0.5, 0.6) is 0 Å². The molecule has 0 fully saturated rings. The number of hydrogen-bond acceptors (Lipinski definition) is 4. The van der Waals surface area contributed by atoms with Gasteiger partial charge in [-0.1, -0.05) is 98.8 Å². The molecule has 0 radical (unpaired) electrons. The van der Waals surface area contributed by atoms with Crippen molar-refractivity contribution in [1.29, 1.82) is 0 Å². The van der Waals surface area contributed by atoms with Crippen LogP contribution in [0, 0.1) is 5.41 Å². The fourth-order valence-electron chi connectivity index (χ4n) is 4.61. The molecule has 3 aromatic carbocycles. The van der Waals surface area contributed by atoms with E-state index in [1.165, 1.54) is 11.1 Å². The average Bonchev–Trinajstić information content (AvgIpc) is 3.39. The number of allylic oxidation sites excluding steroid dienone is 5. The van der Waals surface area contributed by atoms with Crippen LogP contribution in [0.25, 0.3) is 39.7 Å². The Morgan fingerprint density at radius 1 is 0.571 bits per heavy atom. The zero-order valence-corrected chi connectivity index (χ0v) is 19.7. The summed E-state index contributed by atoms with van der Waals surface area (Å²) in [4.78, 5) is 19.1. The molecule has 0 unspecified atom stereocenters. The topological polar surface area (TPSA) is 51.0 Å². The third kappa shape index (κ3) is 4.04. The molecule has 0 saturated carbocycles. The maximum Gasteiger partial charge on any atom is 0.164 e. The Balaban J connectivity index is 1.47. The van der Waals surface area contributed by atoms with E-state index in [2.05, 4.69) is 61.3 Å². The van der Waals surface area contributed by atoms with Crippen LogP contribution >= 0.6 is 0 Å². The molecule has 1 aliphatic heterocycles. The third-order valence-corrected chi connectivity index (χ3v) is 6.32. The van der Waals surface area contributed by atoms with Crippen molar-refractivity contribution < 1.29 is 0 Å². The van der Waals surface area contributed by atoms with E-state index in [4.69, 9.17) is 15.0 Å². The number of aromatic nitrogens is 3. The molecule has 6 rings (SSSR count). The van der Waals surface area contributed by atoms with Gasteiger partial charge in [0.05, 0.1) is 5.71 Å². The van der Waals surface area contributed by atoms with E-state index in [0.717, 1.165) is 28.0 Å². The van der Waals surface area contributed by atoms with Crippen LogP contribution in [0.3, 0.4) is 0 Å². The molecule has 0 atom stereocenters. The number of fused-ring (bicyclic) bond motifs is 1. The summed E-state index contributed by atoms with van der Waals surface area (Å²) < 4.78 is 0. The molecule has 2 heterocycles. The monoisotopic (exact) mass is 452 g/mol. The number of nitrogens with zero attached hydrogens (tertiary/aromatic N) is 4. The van der Waals surface area contributed by atoms with Crippen LogP contribution in [-0.4, -0.2) is 20.7 Å². The van der Waals surface area contributed by atoms with Crippen molar-refractivity contribution in [2.45, 2.75) is 13.8 Å². The molecule has 1 aromatic heterocycles. The van der Waals surface area contributed by atoms with E-state index in [1.54, 1.807) is 0 Å². The van der Waals surface area contributed by atoms with Crippen LogP contribution < -0.4 is 0 Å². The molecule has 0 N–H and O–H groups in total. The zero-order valence-electron chi connectivity index (χ0n) is 19.7. The second kappa shape index (κ2) is 8.41. The lowest BCUT2D eigenvalue weighted by Gasteiger charge is -2.27. The van der Waals surface area contributed by atoms with Crippen molar-refractivity contribution in [3.8, 4) is 34.2 Å². The first kappa shape index (κ1) is 21.1. The molecule has 1 aliphatic carbocycles. The summed E-state index contributed by atoms with van der Waals surface area (Å²) in [5.41, 5.74) is 7.36. The molecule has 0 bridgehead atoms. The van der Waals surface area contributed by atoms with Crippen LogP contribution in [0.1, 0.15) is 19.4 Å². The van der Waals surface area contributed by atoms with Gasteiger partial charge >= 0.3 is 0 Å². The highest BCUT2D eigenvalue weighted by Gasteiger charge is 2.30. The van der Waals surface area contributed by atoms with E-state index in [9.17, 15) is 0 Å². The SMILES string of the molecule is CC1(C)C=C(c2cccc(-c3nc(-c4ccccc4)nc(-c4ccccc4)n3)c2)C=C2C=CN=C21. The minimum absolute atomic E-state index is 0.132. The Morgan fingerprint density at radius 2 is 1.11 bits per heavy atom. The third-order valence-electron chi connectivity index (χ3n) is 6.32.